The zero-order chi connectivity index (χ0) is 18.8. The minimum Gasteiger partial charge on any atom is -0.482 e. The van der Waals surface area contributed by atoms with Crippen LogP contribution in [0.2, 0.25) is 5.02 Å². The van der Waals surface area contributed by atoms with Crippen molar-refractivity contribution in [3.8, 4) is 5.75 Å². The number of nitrogens with one attached hydrogen (secondary N) is 2. The van der Waals surface area contributed by atoms with E-state index in [4.69, 9.17) is 21.1 Å². The molecule has 0 bridgehead atoms. The van der Waals surface area contributed by atoms with Crippen LogP contribution >= 0.6 is 11.6 Å². The van der Waals surface area contributed by atoms with E-state index in [-0.39, 0.29) is 13.2 Å². The van der Waals surface area contributed by atoms with Crippen LogP contribution in [0.3, 0.4) is 0 Å². The van der Waals surface area contributed by atoms with Crippen LogP contribution in [0.5, 0.6) is 5.75 Å². The molecule has 2 rings (SSSR count). The summed E-state index contributed by atoms with van der Waals surface area (Å²) in [6.07, 6.45) is 0. The molecule has 26 heavy (non-hydrogen) atoms. The van der Waals surface area contributed by atoms with E-state index in [2.05, 4.69) is 10.6 Å². The van der Waals surface area contributed by atoms with Gasteiger partial charge in [0.05, 0.1) is 0 Å². The molecule has 136 valence electrons. The lowest BCUT2D eigenvalue weighted by molar-refractivity contribution is -0.150. The third kappa shape index (κ3) is 7.23. The van der Waals surface area contributed by atoms with Crippen LogP contribution in [0.25, 0.3) is 0 Å². The summed E-state index contributed by atoms with van der Waals surface area (Å²) in [6, 6.07) is 15.0. The maximum atomic E-state index is 11.6. The Hall–Kier alpha value is -3.06. The highest BCUT2D eigenvalue weighted by atomic mass is 35.5. The molecular formula is C18H17ClN2O5. The molecule has 7 nitrogen and oxygen atoms in total. The summed E-state index contributed by atoms with van der Waals surface area (Å²) in [4.78, 5) is 34.7. The fourth-order valence-corrected chi connectivity index (χ4v) is 2.05. The van der Waals surface area contributed by atoms with E-state index in [9.17, 15) is 14.4 Å². The summed E-state index contributed by atoms with van der Waals surface area (Å²) in [5, 5.41) is 5.05. The summed E-state index contributed by atoms with van der Waals surface area (Å²) < 4.78 is 9.91. The molecule has 0 radical (unpaired) electrons. The Bertz CT molecular complexity index is 767. The minimum absolute atomic E-state index is 0.271. The maximum absolute atomic E-state index is 11.6. The van der Waals surface area contributed by atoms with Gasteiger partial charge in [-0.1, -0.05) is 48.0 Å². The molecule has 0 heterocycles. The third-order valence-electron chi connectivity index (χ3n) is 3.07. The van der Waals surface area contributed by atoms with Crippen molar-refractivity contribution >= 4 is 29.5 Å². The first kappa shape index (κ1) is 19.3. The highest BCUT2D eigenvalue weighted by molar-refractivity contribution is 6.30. The summed E-state index contributed by atoms with van der Waals surface area (Å²) >= 11 is 5.79. The van der Waals surface area contributed by atoms with Crippen LogP contribution in [0.1, 0.15) is 5.56 Å². The number of ether oxygens (including phenoxy) is 2. The molecule has 0 atom stereocenters. The number of benzene rings is 2. The van der Waals surface area contributed by atoms with Crippen LogP contribution in [-0.4, -0.2) is 31.1 Å². The number of rotatable bonds is 7. The SMILES string of the molecule is O=C(COC(=O)COc1cccc(Cl)c1)NC(=O)NCc1ccccc1. The van der Waals surface area contributed by atoms with Crippen molar-refractivity contribution in [1.82, 2.24) is 10.6 Å². The van der Waals surface area contributed by atoms with E-state index < -0.39 is 24.5 Å². The van der Waals surface area contributed by atoms with Crippen molar-refractivity contribution in [2.75, 3.05) is 13.2 Å². The second-order valence-corrected chi connectivity index (χ2v) is 5.56. The van der Waals surface area contributed by atoms with E-state index in [1.165, 1.54) is 0 Å². The molecule has 0 aliphatic rings. The maximum Gasteiger partial charge on any atom is 0.344 e. The van der Waals surface area contributed by atoms with E-state index in [1.807, 2.05) is 30.3 Å². The molecule has 0 fully saturated rings. The molecule has 0 aliphatic heterocycles. The number of carbonyl (C=O) groups excluding carboxylic acids is 3. The van der Waals surface area contributed by atoms with Gasteiger partial charge in [0, 0.05) is 11.6 Å². The minimum atomic E-state index is -0.746. The first-order valence-electron chi connectivity index (χ1n) is 7.68. The van der Waals surface area contributed by atoms with Gasteiger partial charge in [-0.15, -0.1) is 0 Å². The van der Waals surface area contributed by atoms with E-state index in [1.54, 1.807) is 24.3 Å². The Morgan fingerprint density at radius 3 is 2.46 bits per heavy atom. The monoisotopic (exact) mass is 376 g/mol. The van der Waals surface area contributed by atoms with E-state index in [0.717, 1.165) is 5.56 Å². The fraction of sp³-hybridized carbons (Fsp3) is 0.167. The van der Waals surface area contributed by atoms with Gasteiger partial charge in [0.25, 0.3) is 5.91 Å². The molecule has 3 amide bonds. The summed E-state index contributed by atoms with van der Waals surface area (Å²) in [5.41, 5.74) is 0.889. The Labute approximate surface area is 155 Å². The quantitative estimate of drug-likeness (QED) is 0.723. The molecule has 2 N–H and O–H groups in total. The predicted molar refractivity (Wildman–Crippen MR) is 94.7 cm³/mol. The summed E-state index contributed by atoms with van der Waals surface area (Å²) in [5.74, 6) is -1.09. The van der Waals surface area contributed by atoms with Crippen molar-refractivity contribution in [2.45, 2.75) is 6.54 Å². The molecule has 0 saturated heterocycles. The lowest BCUT2D eigenvalue weighted by atomic mass is 10.2. The average molecular weight is 377 g/mol. The summed E-state index contributed by atoms with van der Waals surface area (Å²) in [6.45, 7) is -0.697. The topological polar surface area (TPSA) is 93.7 Å². The largest absolute Gasteiger partial charge is 0.482 e. The first-order chi connectivity index (χ1) is 12.5. The van der Waals surface area contributed by atoms with Gasteiger partial charge in [-0.25, -0.2) is 9.59 Å². The number of urea groups is 1. The molecule has 2 aromatic carbocycles. The predicted octanol–water partition coefficient (Wildman–Crippen LogP) is 2.29. The number of amides is 3. The van der Waals surface area contributed by atoms with Crippen LogP contribution in [0.4, 0.5) is 4.79 Å². The van der Waals surface area contributed by atoms with E-state index >= 15 is 0 Å². The van der Waals surface area contributed by atoms with Gasteiger partial charge in [-0.2, -0.15) is 0 Å². The van der Waals surface area contributed by atoms with Gasteiger partial charge in [-0.05, 0) is 23.8 Å². The lowest BCUT2D eigenvalue weighted by Crippen LogP contribution is -2.41. The van der Waals surface area contributed by atoms with E-state index in [0.29, 0.717) is 10.8 Å². The number of carbonyl (C=O) groups is 3. The Morgan fingerprint density at radius 2 is 1.73 bits per heavy atom. The Kier molecular flexibility index (Phi) is 7.45. The molecule has 0 spiro atoms. The highest BCUT2D eigenvalue weighted by Gasteiger charge is 2.11. The van der Waals surface area contributed by atoms with Gasteiger partial charge < -0.3 is 14.8 Å². The molecule has 2 aromatic rings. The van der Waals surface area contributed by atoms with Crippen molar-refractivity contribution in [2.24, 2.45) is 0 Å². The zero-order valence-electron chi connectivity index (χ0n) is 13.7. The number of esters is 1. The third-order valence-corrected chi connectivity index (χ3v) is 3.30. The van der Waals surface area contributed by atoms with Crippen molar-refractivity contribution in [3.05, 3.63) is 65.2 Å². The number of halogens is 1. The average Bonchev–Trinajstić information content (AvgIpc) is 2.64. The van der Waals surface area contributed by atoms with Crippen LogP contribution in [0.15, 0.2) is 54.6 Å². The molecule has 0 unspecified atom stereocenters. The Morgan fingerprint density at radius 1 is 0.962 bits per heavy atom. The van der Waals surface area contributed by atoms with Gasteiger partial charge >= 0.3 is 12.0 Å². The van der Waals surface area contributed by atoms with Gasteiger partial charge in [0.2, 0.25) is 0 Å². The molecule has 0 aliphatic carbocycles. The van der Waals surface area contributed by atoms with Crippen LogP contribution in [0, 0.1) is 0 Å². The van der Waals surface area contributed by atoms with Crippen LogP contribution in [-0.2, 0) is 20.9 Å². The standard InChI is InChI=1S/C18H17ClN2O5/c19-14-7-4-8-15(9-14)25-12-17(23)26-11-16(22)21-18(24)20-10-13-5-2-1-3-6-13/h1-9H,10-12H2,(H2,20,21,22,24). The highest BCUT2D eigenvalue weighted by Crippen LogP contribution is 2.16. The number of hydrogen-bond acceptors (Lipinski definition) is 5. The fourth-order valence-electron chi connectivity index (χ4n) is 1.87. The smallest absolute Gasteiger partial charge is 0.344 e. The molecular weight excluding hydrogens is 360 g/mol. The zero-order valence-corrected chi connectivity index (χ0v) is 14.5. The number of imide groups is 1. The molecule has 0 saturated carbocycles. The second kappa shape index (κ2) is 10.0. The first-order valence-corrected chi connectivity index (χ1v) is 8.06. The van der Waals surface area contributed by atoms with Gasteiger partial charge in [0.1, 0.15) is 5.75 Å². The summed E-state index contributed by atoms with van der Waals surface area (Å²) in [7, 11) is 0. The van der Waals surface area contributed by atoms with Gasteiger partial charge in [0.15, 0.2) is 13.2 Å². The van der Waals surface area contributed by atoms with Crippen LogP contribution < -0.4 is 15.4 Å². The number of hydrogen-bond donors (Lipinski definition) is 2. The normalized spacial score (nSPS) is 9.88. The molecule has 8 heteroatoms. The Balaban J connectivity index is 1.62. The second-order valence-electron chi connectivity index (χ2n) is 5.12. The van der Waals surface area contributed by atoms with Crippen molar-refractivity contribution < 1.29 is 23.9 Å². The molecule has 0 aromatic heterocycles. The lowest BCUT2D eigenvalue weighted by Gasteiger charge is -2.08. The van der Waals surface area contributed by atoms with Gasteiger partial charge in [-0.3, -0.25) is 10.1 Å². The van der Waals surface area contributed by atoms with Crippen molar-refractivity contribution in [3.63, 3.8) is 0 Å². The van der Waals surface area contributed by atoms with Crippen molar-refractivity contribution in [1.29, 1.82) is 0 Å².